The number of ether oxygens (including phenoxy) is 1. The van der Waals surface area contributed by atoms with Crippen molar-refractivity contribution in [2.45, 2.75) is 82.6 Å². The lowest BCUT2D eigenvalue weighted by Gasteiger charge is -2.31. The molecule has 230 valence electrons. The second kappa shape index (κ2) is 12.6. The van der Waals surface area contributed by atoms with Gasteiger partial charge in [0.05, 0.1) is 11.3 Å². The molecule has 1 saturated carbocycles. The highest BCUT2D eigenvalue weighted by molar-refractivity contribution is 5.99. The van der Waals surface area contributed by atoms with E-state index in [2.05, 4.69) is 31.9 Å². The first-order valence-corrected chi connectivity index (χ1v) is 16.2. The Morgan fingerprint density at radius 3 is 2.59 bits per heavy atom. The van der Waals surface area contributed by atoms with Crippen LogP contribution >= 0.6 is 0 Å². The Kier molecular flexibility index (Phi) is 8.26. The third-order valence-corrected chi connectivity index (χ3v) is 9.86. The topological polar surface area (TPSA) is 79.6 Å². The summed E-state index contributed by atoms with van der Waals surface area (Å²) in [6, 6.07) is 15.7. The van der Waals surface area contributed by atoms with Gasteiger partial charge < -0.3 is 24.6 Å². The van der Waals surface area contributed by atoms with Crippen molar-refractivity contribution in [1.82, 2.24) is 14.5 Å². The van der Waals surface area contributed by atoms with Gasteiger partial charge in [-0.05, 0) is 99.1 Å². The van der Waals surface area contributed by atoms with Gasteiger partial charge in [0.2, 0.25) is 0 Å². The number of carboxylic acids is 1. The quantitative estimate of drug-likeness (QED) is 0.218. The fourth-order valence-electron chi connectivity index (χ4n) is 7.54. The molecule has 4 aromatic rings. The second-order valence-corrected chi connectivity index (χ2v) is 12.7. The first kappa shape index (κ1) is 28.8. The monoisotopic (exact) mass is 596 g/mol. The van der Waals surface area contributed by atoms with Crippen LogP contribution in [0.3, 0.4) is 0 Å². The zero-order valence-corrected chi connectivity index (χ0v) is 25.2. The molecule has 44 heavy (non-hydrogen) atoms. The van der Waals surface area contributed by atoms with E-state index in [1.807, 2.05) is 24.3 Å². The number of anilines is 1. The molecule has 3 atom stereocenters. The van der Waals surface area contributed by atoms with Crippen LogP contribution in [-0.2, 0) is 13.2 Å². The van der Waals surface area contributed by atoms with Crippen molar-refractivity contribution in [1.29, 1.82) is 0 Å². The summed E-state index contributed by atoms with van der Waals surface area (Å²) in [7, 11) is 0. The van der Waals surface area contributed by atoms with Crippen LogP contribution in [0, 0.1) is 0 Å². The van der Waals surface area contributed by atoms with E-state index in [0.717, 1.165) is 103 Å². The van der Waals surface area contributed by atoms with Gasteiger partial charge in [-0.25, -0.2) is 9.18 Å². The molecule has 2 aromatic carbocycles. The van der Waals surface area contributed by atoms with Crippen LogP contribution in [0.2, 0.25) is 0 Å². The van der Waals surface area contributed by atoms with Crippen molar-refractivity contribution in [2.24, 2.45) is 0 Å². The molecule has 0 bridgehead atoms. The standard InChI is InChI=1S/C36H41FN4O3/c37-31-6-2-1-5-28(31)34-30-9-7-25(36(42)43)21-33(30)41-20-14-26(13-19-40-17-3-4-18-40)39-32-22-27(8-10-29(32)35(34)41)44-23-24-11-15-38-16-12-24/h7-12,15-16,21-22,26,28,31,39H,1-6,13-14,17-20,23H2,(H,42,43)/t26?,28?,31-/m0/s1. The van der Waals surface area contributed by atoms with E-state index in [4.69, 9.17) is 4.74 Å². The Bertz CT molecular complexity index is 1630. The number of likely N-dealkylation sites (tertiary alicyclic amines) is 1. The molecule has 7 rings (SSSR count). The lowest BCUT2D eigenvalue weighted by molar-refractivity contribution is 0.0697. The van der Waals surface area contributed by atoms with E-state index in [0.29, 0.717) is 13.0 Å². The number of nitrogens with one attached hydrogen (secondary N) is 1. The fraction of sp³-hybridized carbons (Fsp3) is 0.444. The third-order valence-electron chi connectivity index (χ3n) is 9.86. The number of benzene rings is 2. The molecular weight excluding hydrogens is 555 g/mol. The number of hydrogen-bond donors (Lipinski definition) is 2. The fourth-order valence-corrected chi connectivity index (χ4v) is 7.54. The molecule has 1 saturated heterocycles. The first-order chi connectivity index (χ1) is 21.5. The van der Waals surface area contributed by atoms with Gasteiger partial charge in [-0.2, -0.15) is 0 Å². The molecule has 2 N–H and O–H groups in total. The number of halogens is 1. The molecule has 0 spiro atoms. The van der Waals surface area contributed by atoms with E-state index >= 15 is 4.39 Å². The Morgan fingerprint density at radius 2 is 1.80 bits per heavy atom. The molecule has 0 amide bonds. The molecule has 2 unspecified atom stereocenters. The average molecular weight is 597 g/mol. The summed E-state index contributed by atoms with van der Waals surface area (Å²) < 4.78 is 24.3. The molecule has 8 heteroatoms. The smallest absolute Gasteiger partial charge is 0.335 e. The highest BCUT2D eigenvalue weighted by Crippen LogP contribution is 2.48. The molecule has 2 aromatic heterocycles. The Balaban J connectivity index is 1.34. The zero-order chi connectivity index (χ0) is 30.0. The summed E-state index contributed by atoms with van der Waals surface area (Å²) in [6.07, 6.45) is 10.3. The van der Waals surface area contributed by atoms with Gasteiger partial charge in [0.15, 0.2) is 0 Å². The predicted octanol–water partition coefficient (Wildman–Crippen LogP) is 7.65. The van der Waals surface area contributed by atoms with Crippen molar-refractivity contribution in [3.05, 3.63) is 77.6 Å². The summed E-state index contributed by atoms with van der Waals surface area (Å²) in [5.74, 6) is -0.401. The van der Waals surface area contributed by atoms with Crippen LogP contribution < -0.4 is 10.1 Å². The number of alkyl halides is 1. The Labute approximate surface area is 258 Å². The van der Waals surface area contributed by atoms with Gasteiger partial charge in [0.1, 0.15) is 18.5 Å². The average Bonchev–Trinajstić information content (AvgIpc) is 3.67. The number of aryl methyl sites for hydroxylation is 1. The minimum atomic E-state index is -0.947. The van der Waals surface area contributed by atoms with E-state index in [9.17, 15) is 9.90 Å². The van der Waals surface area contributed by atoms with E-state index in [1.165, 1.54) is 12.8 Å². The number of fused-ring (bicyclic) bond motifs is 5. The molecule has 3 aliphatic rings. The normalized spacial score (nSPS) is 22.1. The zero-order valence-electron chi connectivity index (χ0n) is 25.2. The summed E-state index contributed by atoms with van der Waals surface area (Å²) in [5, 5.41) is 14.8. The molecule has 7 nitrogen and oxygen atoms in total. The number of aromatic carboxylic acids is 1. The minimum Gasteiger partial charge on any atom is -0.489 e. The SMILES string of the molecule is O=C(O)c1ccc2c(C3CCCC[C@@H]3F)c3n(c2c1)CCC(CCN1CCCC1)Nc1cc(OCc2ccncc2)ccc1-3. The Hall–Kier alpha value is -3.91. The number of carboxylic acid groups (broad SMARTS) is 1. The first-order valence-electron chi connectivity index (χ1n) is 16.2. The van der Waals surface area contributed by atoms with Crippen LogP contribution in [0.15, 0.2) is 60.9 Å². The molecule has 4 heterocycles. The van der Waals surface area contributed by atoms with Crippen molar-refractivity contribution >= 4 is 22.6 Å². The maximum Gasteiger partial charge on any atom is 0.335 e. The van der Waals surface area contributed by atoms with Gasteiger partial charge in [-0.3, -0.25) is 4.98 Å². The third kappa shape index (κ3) is 5.80. The maximum atomic E-state index is 15.8. The molecule has 0 radical (unpaired) electrons. The minimum absolute atomic E-state index is 0.223. The van der Waals surface area contributed by atoms with Gasteiger partial charge in [0.25, 0.3) is 0 Å². The van der Waals surface area contributed by atoms with Crippen LogP contribution in [0.25, 0.3) is 22.2 Å². The van der Waals surface area contributed by atoms with Crippen molar-refractivity contribution < 1.29 is 19.0 Å². The van der Waals surface area contributed by atoms with E-state index in [-0.39, 0.29) is 17.5 Å². The maximum absolute atomic E-state index is 15.8. The lowest BCUT2D eigenvalue weighted by atomic mass is 9.80. The second-order valence-electron chi connectivity index (χ2n) is 12.7. The number of pyridine rings is 1. The molecule has 2 fully saturated rings. The van der Waals surface area contributed by atoms with Crippen molar-refractivity contribution in [3.63, 3.8) is 0 Å². The van der Waals surface area contributed by atoms with Gasteiger partial charge in [0, 0.05) is 65.7 Å². The number of hydrogen-bond acceptors (Lipinski definition) is 5. The number of nitrogens with zero attached hydrogens (tertiary/aromatic N) is 3. The highest BCUT2D eigenvalue weighted by Gasteiger charge is 2.34. The van der Waals surface area contributed by atoms with Crippen molar-refractivity contribution in [2.75, 3.05) is 25.0 Å². The number of carbonyl (C=O) groups is 1. The Morgan fingerprint density at radius 1 is 0.977 bits per heavy atom. The molecular formula is C36H41FN4O3. The molecule has 1 aliphatic carbocycles. The number of aromatic nitrogens is 2. The summed E-state index contributed by atoms with van der Waals surface area (Å²) in [5.41, 5.74) is 6.23. The summed E-state index contributed by atoms with van der Waals surface area (Å²) in [6.45, 7) is 4.54. The lowest BCUT2D eigenvalue weighted by Crippen LogP contribution is -2.30. The van der Waals surface area contributed by atoms with Gasteiger partial charge in [-0.1, -0.05) is 18.9 Å². The van der Waals surface area contributed by atoms with Crippen LogP contribution in [0.5, 0.6) is 5.75 Å². The van der Waals surface area contributed by atoms with Crippen molar-refractivity contribution in [3.8, 4) is 17.0 Å². The largest absolute Gasteiger partial charge is 0.489 e. The highest BCUT2D eigenvalue weighted by atomic mass is 19.1. The van der Waals surface area contributed by atoms with Crippen LogP contribution in [-0.4, -0.2) is 57.4 Å². The van der Waals surface area contributed by atoms with Crippen LogP contribution in [0.4, 0.5) is 10.1 Å². The predicted molar refractivity (Wildman–Crippen MR) is 171 cm³/mol. The van der Waals surface area contributed by atoms with Gasteiger partial charge in [-0.15, -0.1) is 0 Å². The van der Waals surface area contributed by atoms with E-state index < -0.39 is 12.1 Å². The summed E-state index contributed by atoms with van der Waals surface area (Å²) >= 11 is 0. The molecule has 2 aliphatic heterocycles. The van der Waals surface area contributed by atoms with Crippen LogP contribution in [0.1, 0.15) is 78.8 Å². The summed E-state index contributed by atoms with van der Waals surface area (Å²) in [4.78, 5) is 18.7. The van der Waals surface area contributed by atoms with Gasteiger partial charge >= 0.3 is 5.97 Å². The van der Waals surface area contributed by atoms with E-state index in [1.54, 1.807) is 24.5 Å². The number of rotatable bonds is 8.